The van der Waals surface area contributed by atoms with Gasteiger partial charge in [0.25, 0.3) is 5.56 Å². The molecule has 12 heteroatoms. The van der Waals surface area contributed by atoms with E-state index in [4.69, 9.17) is 4.52 Å². The van der Waals surface area contributed by atoms with Crippen LogP contribution in [0.1, 0.15) is 18.8 Å². The highest BCUT2D eigenvalue weighted by atomic mass is 127. The molecule has 33 heavy (non-hydrogen) atoms. The van der Waals surface area contributed by atoms with E-state index in [0.717, 1.165) is 5.56 Å². The van der Waals surface area contributed by atoms with E-state index in [1.54, 1.807) is 56.6 Å². The van der Waals surface area contributed by atoms with Crippen molar-refractivity contribution in [3.8, 4) is 11.1 Å². The van der Waals surface area contributed by atoms with Gasteiger partial charge in [-0.25, -0.2) is 4.39 Å². The average molecular weight is 577 g/mol. The lowest BCUT2D eigenvalue weighted by molar-refractivity contribution is 0.335. The summed E-state index contributed by atoms with van der Waals surface area (Å²) in [5.41, 5.74) is 1.91. The molecule has 0 amide bonds. The standard InChI is InChI=1S/C21H18FIN7O2P/c1-13(29-6-4-18-16(21(29)31)3-2-5-24-18)19-26-27-20-17(22)9-14(12-30(19)20)15-10-25-28(11-15)7-8-32-33-23/h2-6,9-13,33H,7-8H2,1H3. The van der Waals surface area contributed by atoms with Gasteiger partial charge in [-0.3, -0.25) is 18.9 Å². The lowest BCUT2D eigenvalue weighted by Crippen LogP contribution is -2.25. The van der Waals surface area contributed by atoms with Crippen molar-refractivity contribution in [1.82, 2.24) is 33.9 Å². The van der Waals surface area contributed by atoms with Gasteiger partial charge in [-0.15, -0.1) is 10.2 Å². The number of aromatic nitrogens is 7. The third-order valence-corrected chi connectivity index (χ3v) is 6.66. The molecular weight excluding hydrogens is 559 g/mol. The van der Waals surface area contributed by atoms with Gasteiger partial charge in [0.1, 0.15) is 0 Å². The van der Waals surface area contributed by atoms with Crippen molar-refractivity contribution in [3.63, 3.8) is 0 Å². The second-order valence-electron chi connectivity index (χ2n) is 7.39. The summed E-state index contributed by atoms with van der Waals surface area (Å²) in [6, 6.07) is 6.16. The van der Waals surface area contributed by atoms with E-state index in [2.05, 4.69) is 42.3 Å². The first kappa shape index (κ1) is 22.1. The Balaban J connectivity index is 1.54. The van der Waals surface area contributed by atoms with Gasteiger partial charge in [0, 0.05) is 35.9 Å². The molecule has 9 nitrogen and oxygen atoms in total. The summed E-state index contributed by atoms with van der Waals surface area (Å²) in [7, 11) is 0. The molecule has 0 fully saturated rings. The zero-order chi connectivity index (χ0) is 22.9. The molecule has 0 bridgehead atoms. The number of hydrogen-bond donors (Lipinski definition) is 0. The predicted molar refractivity (Wildman–Crippen MR) is 132 cm³/mol. The van der Waals surface area contributed by atoms with Crippen molar-refractivity contribution >= 4 is 45.0 Å². The maximum absolute atomic E-state index is 14.9. The van der Waals surface area contributed by atoms with Crippen LogP contribution in [0.2, 0.25) is 0 Å². The van der Waals surface area contributed by atoms with Gasteiger partial charge >= 0.3 is 0 Å². The zero-order valence-electron chi connectivity index (χ0n) is 17.4. The van der Waals surface area contributed by atoms with Crippen molar-refractivity contribution < 1.29 is 8.91 Å². The highest BCUT2D eigenvalue weighted by Crippen LogP contribution is 2.25. The molecule has 2 unspecified atom stereocenters. The van der Waals surface area contributed by atoms with Crippen LogP contribution < -0.4 is 5.56 Å². The molecular formula is C21H18FIN7O2P. The Morgan fingerprint density at radius 2 is 2.12 bits per heavy atom. The highest BCUT2D eigenvalue weighted by molar-refractivity contribution is 14.2. The monoisotopic (exact) mass is 577 g/mol. The van der Waals surface area contributed by atoms with Crippen LogP contribution in [0.4, 0.5) is 4.39 Å². The number of halogens is 2. The Bertz CT molecular complexity index is 1520. The molecule has 0 aliphatic heterocycles. The summed E-state index contributed by atoms with van der Waals surface area (Å²) in [5, 5.41) is 13.1. The van der Waals surface area contributed by atoms with Crippen molar-refractivity contribution in [3.05, 3.63) is 77.2 Å². The SMILES string of the molecule is CC(c1nnc2c(F)cc(-c3cnn(CCOPI)c3)cn12)n1ccc2ncccc2c1=O. The summed E-state index contributed by atoms with van der Waals surface area (Å²) in [6.07, 6.45) is 8.61. The summed E-state index contributed by atoms with van der Waals surface area (Å²) in [4.78, 5) is 17.3. The van der Waals surface area contributed by atoms with E-state index in [1.165, 1.54) is 6.07 Å². The fourth-order valence-corrected chi connectivity index (χ4v) is 4.57. The topological polar surface area (TPSA) is 92.1 Å². The van der Waals surface area contributed by atoms with Crippen LogP contribution in [0, 0.1) is 5.82 Å². The molecule has 0 spiro atoms. The van der Waals surface area contributed by atoms with Gasteiger partial charge in [0.2, 0.25) is 0 Å². The number of hydrogen-bond acceptors (Lipinski definition) is 6. The molecule has 2 atom stereocenters. The summed E-state index contributed by atoms with van der Waals surface area (Å²) in [5.74, 6) is -0.0596. The molecule has 168 valence electrons. The van der Waals surface area contributed by atoms with Gasteiger partial charge in [-0.1, -0.05) is 0 Å². The maximum atomic E-state index is 14.9. The predicted octanol–water partition coefficient (Wildman–Crippen LogP) is 4.01. The molecule has 5 heterocycles. The average Bonchev–Trinajstić information content (AvgIpc) is 3.47. The van der Waals surface area contributed by atoms with Gasteiger partial charge in [-0.2, -0.15) is 5.10 Å². The van der Waals surface area contributed by atoms with Crippen LogP contribution in [-0.2, 0) is 11.1 Å². The quantitative estimate of drug-likeness (QED) is 0.165. The van der Waals surface area contributed by atoms with Crippen LogP contribution in [0.25, 0.3) is 27.7 Å². The first-order valence-corrected chi connectivity index (χ1v) is 14.1. The van der Waals surface area contributed by atoms with Crippen LogP contribution in [0.15, 0.2) is 60.0 Å². The van der Waals surface area contributed by atoms with Crippen LogP contribution >= 0.6 is 28.5 Å². The van der Waals surface area contributed by atoms with E-state index in [9.17, 15) is 9.18 Å². The fraction of sp³-hybridized carbons (Fsp3) is 0.190. The molecule has 0 saturated heterocycles. The number of rotatable bonds is 7. The summed E-state index contributed by atoms with van der Waals surface area (Å²) >= 11 is 2.17. The number of nitrogens with zero attached hydrogens (tertiary/aromatic N) is 7. The molecule has 0 saturated carbocycles. The van der Waals surface area contributed by atoms with Gasteiger partial charge in [-0.05, 0) is 53.2 Å². The third-order valence-electron chi connectivity index (χ3n) is 5.42. The lowest BCUT2D eigenvalue weighted by Gasteiger charge is -2.14. The van der Waals surface area contributed by atoms with Crippen molar-refractivity contribution in [2.45, 2.75) is 19.5 Å². The minimum absolute atomic E-state index is 0.0972. The molecule has 5 rings (SSSR count). The highest BCUT2D eigenvalue weighted by Gasteiger charge is 2.20. The lowest BCUT2D eigenvalue weighted by atomic mass is 10.1. The van der Waals surface area contributed by atoms with Crippen LogP contribution in [0.3, 0.4) is 0 Å². The first-order valence-electron chi connectivity index (χ1n) is 10.1. The zero-order valence-corrected chi connectivity index (χ0v) is 20.5. The van der Waals surface area contributed by atoms with E-state index in [0.29, 0.717) is 41.9 Å². The van der Waals surface area contributed by atoms with Crippen molar-refractivity contribution in [2.24, 2.45) is 0 Å². The Hall–Kier alpha value is -2.76. The molecule has 0 radical (unpaired) electrons. The largest absolute Gasteiger partial charge is 0.350 e. The number of pyridine rings is 3. The van der Waals surface area contributed by atoms with Gasteiger partial charge in [0.15, 0.2) is 17.3 Å². The van der Waals surface area contributed by atoms with Crippen molar-refractivity contribution in [2.75, 3.05) is 6.61 Å². The van der Waals surface area contributed by atoms with Crippen molar-refractivity contribution in [1.29, 1.82) is 0 Å². The van der Waals surface area contributed by atoms with Gasteiger partial charge < -0.3 is 9.09 Å². The van der Waals surface area contributed by atoms with E-state index >= 15 is 0 Å². The second-order valence-corrected chi connectivity index (χ2v) is 9.15. The molecule has 0 aliphatic rings. The second kappa shape index (κ2) is 9.24. The Kier molecular flexibility index (Phi) is 6.17. The Morgan fingerprint density at radius 1 is 1.24 bits per heavy atom. The van der Waals surface area contributed by atoms with E-state index in [-0.39, 0.29) is 11.2 Å². The fourth-order valence-electron chi connectivity index (χ4n) is 3.74. The van der Waals surface area contributed by atoms with Gasteiger partial charge in [0.05, 0.1) is 42.7 Å². The Morgan fingerprint density at radius 3 is 2.97 bits per heavy atom. The molecule has 0 aliphatic carbocycles. The van der Waals surface area contributed by atoms with Crippen LogP contribution in [-0.4, -0.2) is 40.5 Å². The Labute approximate surface area is 202 Å². The number of fused-ring (bicyclic) bond motifs is 2. The minimum atomic E-state index is -0.504. The van der Waals surface area contributed by atoms with E-state index < -0.39 is 11.9 Å². The molecule has 5 aromatic heterocycles. The third kappa shape index (κ3) is 4.16. The molecule has 0 aromatic carbocycles. The summed E-state index contributed by atoms with van der Waals surface area (Å²) < 4.78 is 25.2. The smallest absolute Gasteiger partial charge is 0.260 e. The first-order chi connectivity index (χ1) is 16.1. The van der Waals surface area contributed by atoms with Crippen LogP contribution in [0.5, 0.6) is 0 Å². The minimum Gasteiger partial charge on any atom is -0.350 e. The molecule has 0 N–H and O–H groups in total. The molecule has 5 aromatic rings. The normalized spacial score (nSPS) is 12.9. The maximum Gasteiger partial charge on any atom is 0.260 e. The van der Waals surface area contributed by atoms with E-state index in [1.807, 2.05) is 13.1 Å². The summed E-state index contributed by atoms with van der Waals surface area (Å²) in [6.45, 7) is 3.38.